The van der Waals surface area contributed by atoms with Crippen molar-refractivity contribution >= 4 is 5.69 Å². The third kappa shape index (κ3) is 1.58. The van der Waals surface area contributed by atoms with Crippen molar-refractivity contribution in [2.24, 2.45) is 0 Å². The van der Waals surface area contributed by atoms with Crippen molar-refractivity contribution in [3.63, 3.8) is 0 Å². The van der Waals surface area contributed by atoms with Gasteiger partial charge >= 0.3 is 0 Å². The summed E-state index contributed by atoms with van der Waals surface area (Å²) in [4.78, 5) is 6.27. The van der Waals surface area contributed by atoms with Crippen molar-refractivity contribution < 1.29 is 9.47 Å². The molecule has 3 rings (SSSR count). The summed E-state index contributed by atoms with van der Waals surface area (Å²) in [5.74, 6) is -0.500. The summed E-state index contributed by atoms with van der Waals surface area (Å²) < 4.78 is 11.7. The highest BCUT2D eigenvalue weighted by Crippen LogP contribution is 2.37. The lowest BCUT2D eigenvalue weighted by atomic mass is 10.1. The van der Waals surface area contributed by atoms with Gasteiger partial charge in [-0.3, -0.25) is 4.98 Å². The van der Waals surface area contributed by atoms with E-state index >= 15 is 0 Å². The molecule has 1 spiro atoms. The normalized spacial score (nSPS) is 23.9. The lowest BCUT2D eigenvalue weighted by molar-refractivity contribution is -0.170. The van der Waals surface area contributed by atoms with Crippen LogP contribution in [-0.2, 0) is 9.47 Å². The average Bonchev–Trinajstić information content (AvgIpc) is 2.80. The van der Waals surface area contributed by atoms with E-state index < -0.39 is 5.91 Å². The number of nitrogens with zero attached hydrogens (tertiary/aromatic N) is 2. The monoisotopic (exact) mass is 220 g/mol. The van der Waals surface area contributed by atoms with Gasteiger partial charge in [0.25, 0.3) is 5.91 Å². The van der Waals surface area contributed by atoms with Gasteiger partial charge in [-0.2, -0.15) is 0 Å². The molecule has 2 aliphatic heterocycles. The summed E-state index contributed by atoms with van der Waals surface area (Å²) in [6.07, 6.45) is 6.94. The van der Waals surface area contributed by atoms with E-state index in [1.165, 1.54) is 12.8 Å². The van der Waals surface area contributed by atoms with Crippen LogP contribution in [0.25, 0.3) is 0 Å². The fraction of sp³-hybridized carbons (Fsp3) is 0.583. The molecular weight excluding hydrogens is 204 g/mol. The average molecular weight is 220 g/mol. The third-order valence-electron chi connectivity index (χ3n) is 3.25. The van der Waals surface area contributed by atoms with Crippen molar-refractivity contribution in [2.45, 2.75) is 25.2 Å². The summed E-state index contributed by atoms with van der Waals surface area (Å²) in [5.41, 5.74) is 1.14. The van der Waals surface area contributed by atoms with Crippen LogP contribution in [0.5, 0.6) is 0 Å². The topological polar surface area (TPSA) is 34.6 Å². The van der Waals surface area contributed by atoms with Crippen molar-refractivity contribution in [2.75, 3.05) is 24.7 Å². The molecule has 1 aromatic rings. The molecule has 0 N–H and O–H groups in total. The molecule has 0 radical (unpaired) electrons. The molecule has 2 saturated heterocycles. The van der Waals surface area contributed by atoms with E-state index in [1.54, 1.807) is 0 Å². The van der Waals surface area contributed by atoms with E-state index in [2.05, 4.69) is 9.88 Å². The smallest absolute Gasteiger partial charge is 0.251 e. The molecule has 2 fully saturated rings. The molecule has 0 saturated carbocycles. The van der Waals surface area contributed by atoms with Gasteiger partial charge in [0.2, 0.25) is 0 Å². The van der Waals surface area contributed by atoms with E-state index in [4.69, 9.17) is 9.47 Å². The fourth-order valence-corrected chi connectivity index (χ4v) is 2.52. The Labute approximate surface area is 95.2 Å². The van der Waals surface area contributed by atoms with E-state index in [0.29, 0.717) is 13.2 Å². The van der Waals surface area contributed by atoms with E-state index in [1.807, 2.05) is 24.5 Å². The van der Waals surface area contributed by atoms with Crippen LogP contribution in [0.3, 0.4) is 0 Å². The summed E-state index contributed by atoms with van der Waals surface area (Å²) in [7, 11) is 0. The lowest BCUT2D eigenvalue weighted by Gasteiger charge is -2.43. The highest BCUT2D eigenvalue weighted by molar-refractivity contribution is 5.46. The van der Waals surface area contributed by atoms with Gasteiger partial charge in [0.05, 0.1) is 13.2 Å². The highest BCUT2D eigenvalue weighted by atomic mass is 16.8. The first-order valence-electron chi connectivity index (χ1n) is 5.86. The Bertz CT molecular complexity index is 349. The molecule has 0 aliphatic carbocycles. The van der Waals surface area contributed by atoms with Crippen LogP contribution in [0.15, 0.2) is 24.5 Å². The van der Waals surface area contributed by atoms with Crippen LogP contribution in [0.2, 0.25) is 0 Å². The molecule has 4 nitrogen and oxygen atoms in total. The molecule has 0 aromatic carbocycles. The molecule has 86 valence electrons. The van der Waals surface area contributed by atoms with Crippen molar-refractivity contribution in [3.05, 3.63) is 24.5 Å². The van der Waals surface area contributed by atoms with Gasteiger partial charge in [0.15, 0.2) is 0 Å². The Morgan fingerprint density at radius 3 is 2.62 bits per heavy atom. The second-order valence-electron chi connectivity index (χ2n) is 4.22. The lowest BCUT2D eigenvalue weighted by Crippen LogP contribution is -2.53. The van der Waals surface area contributed by atoms with Gasteiger partial charge in [0, 0.05) is 31.0 Å². The molecule has 2 aliphatic rings. The minimum absolute atomic E-state index is 0.500. The van der Waals surface area contributed by atoms with Gasteiger partial charge in [-0.05, 0) is 25.0 Å². The Morgan fingerprint density at radius 1 is 1.12 bits per heavy atom. The van der Waals surface area contributed by atoms with Crippen molar-refractivity contribution in [3.8, 4) is 0 Å². The SMILES string of the molecule is c1cc(N2CCCCC23OCCO3)ccn1. The quantitative estimate of drug-likeness (QED) is 0.722. The number of ether oxygens (including phenoxy) is 2. The zero-order valence-electron chi connectivity index (χ0n) is 9.26. The second-order valence-corrected chi connectivity index (χ2v) is 4.22. The largest absolute Gasteiger partial charge is 0.330 e. The fourth-order valence-electron chi connectivity index (χ4n) is 2.52. The summed E-state index contributed by atoms with van der Waals surface area (Å²) in [6, 6.07) is 4.02. The Morgan fingerprint density at radius 2 is 1.88 bits per heavy atom. The van der Waals surface area contributed by atoms with Gasteiger partial charge in [0.1, 0.15) is 0 Å². The summed E-state index contributed by atoms with van der Waals surface area (Å²) >= 11 is 0. The molecule has 1 aromatic heterocycles. The number of piperidine rings is 1. The number of rotatable bonds is 1. The minimum atomic E-state index is -0.500. The van der Waals surface area contributed by atoms with Gasteiger partial charge in [-0.1, -0.05) is 0 Å². The molecular formula is C12H16N2O2. The molecule has 0 amide bonds. The van der Waals surface area contributed by atoms with E-state index in [0.717, 1.165) is 18.7 Å². The molecule has 0 atom stereocenters. The zero-order chi connectivity index (χ0) is 10.8. The van der Waals surface area contributed by atoms with Crippen LogP contribution < -0.4 is 4.90 Å². The molecule has 3 heterocycles. The standard InChI is InChI=1S/C12H16N2O2/c1-2-8-14(11-3-6-13-7-4-11)12(5-1)15-9-10-16-12/h3-4,6-7H,1-2,5,8-10H2. The maximum atomic E-state index is 5.83. The first kappa shape index (κ1) is 10.1. The molecule has 0 bridgehead atoms. The Kier molecular flexibility index (Phi) is 2.53. The van der Waals surface area contributed by atoms with Crippen molar-refractivity contribution in [1.29, 1.82) is 0 Å². The van der Waals surface area contributed by atoms with Crippen LogP contribution in [0.4, 0.5) is 5.69 Å². The third-order valence-corrected chi connectivity index (χ3v) is 3.25. The van der Waals surface area contributed by atoms with Gasteiger partial charge in [-0.25, -0.2) is 0 Å². The summed E-state index contributed by atoms with van der Waals surface area (Å²) in [6.45, 7) is 2.38. The second kappa shape index (κ2) is 4.03. The first-order chi connectivity index (χ1) is 7.91. The van der Waals surface area contributed by atoms with Crippen LogP contribution in [0.1, 0.15) is 19.3 Å². The zero-order valence-corrected chi connectivity index (χ0v) is 9.26. The van der Waals surface area contributed by atoms with Crippen molar-refractivity contribution in [1.82, 2.24) is 4.98 Å². The van der Waals surface area contributed by atoms with Crippen LogP contribution >= 0.6 is 0 Å². The van der Waals surface area contributed by atoms with E-state index in [9.17, 15) is 0 Å². The maximum absolute atomic E-state index is 5.83. The predicted octanol–water partition coefficient (Wildman–Crippen LogP) is 1.77. The highest BCUT2D eigenvalue weighted by Gasteiger charge is 2.44. The summed E-state index contributed by atoms with van der Waals surface area (Å²) in [5, 5.41) is 0. The van der Waals surface area contributed by atoms with E-state index in [-0.39, 0.29) is 0 Å². The number of aromatic nitrogens is 1. The maximum Gasteiger partial charge on any atom is 0.251 e. The molecule has 0 unspecified atom stereocenters. The number of hydrogen-bond donors (Lipinski definition) is 0. The first-order valence-corrected chi connectivity index (χ1v) is 5.86. The minimum Gasteiger partial charge on any atom is -0.330 e. The van der Waals surface area contributed by atoms with Gasteiger partial charge in [-0.15, -0.1) is 0 Å². The van der Waals surface area contributed by atoms with Crippen LogP contribution in [0, 0.1) is 0 Å². The van der Waals surface area contributed by atoms with Gasteiger partial charge < -0.3 is 14.4 Å². The Balaban J connectivity index is 1.91. The predicted molar refractivity (Wildman–Crippen MR) is 60.1 cm³/mol. The number of anilines is 1. The molecule has 16 heavy (non-hydrogen) atoms. The number of pyridine rings is 1. The molecule has 4 heteroatoms. The Hall–Kier alpha value is -1.13. The van der Waals surface area contributed by atoms with Crippen LogP contribution in [-0.4, -0.2) is 30.7 Å². The number of hydrogen-bond acceptors (Lipinski definition) is 4.